The van der Waals surface area contributed by atoms with E-state index in [1.54, 1.807) is 13.3 Å². The normalized spacial score (nSPS) is 30.2. The minimum Gasteiger partial charge on any atom is -0.383 e. The van der Waals surface area contributed by atoms with Crippen molar-refractivity contribution in [1.82, 2.24) is 9.78 Å². The molecule has 0 atom stereocenters. The van der Waals surface area contributed by atoms with Gasteiger partial charge in [-0.25, -0.2) is 0 Å². The van der Waals surface area contributed by atoms with Gasteiger partial charge < -0.3 is 9.84 Å². The Morgan fingerprint density at radius 3 is 3.00 bits per heavy atom. The van der Waals surface area contributed by atoms with E-state index in [4.69, 9.17) is 4.74 Å². The number of aryl methyl sites for hydroxylation is 1. The van der Waals surface area contributed by atoms with Crippen LogP contribution in [-0.4, -0.2) is 28.1 Å². The van der Waals surface area contributed by atoms with E-state index in [9.17, 15) is 5.11 Å². The summed E-state index contributed by atoms with van der Waals surface area (Å²) in [5, 5.41) is 14.6. The third-order valence-electron chi connectivity index (χ3n) is 3.09. The molecular formula is C11H18N2O2. The van der Waals surface area contributed by atoms with E-state index in [0.717, 1.165) is 18.7 Å². The van der Waals surface area contributed by atoms with Gasteiger partial charge in [-0.1, -0.05) is 6.92 Å². The Bertz CT molecular complexity index is 329. The zero-order valence-electron chi connectivity index (χ0n) is 9.31. The summed E-state index contributed by atoms with van der Waals surface area (Å²) in [6.07, 6.45) is 4.33. The SMILES string of the molecule is CCCn1nccc1C1(O)CC(OC)C1. The Kier molecular flexibility index (Phi) is 2.80. The Balaban J connectivity index is 2.12. The lowest BCUT2D eigenvalue weighted by Crippen LogP contribution is -2.46. The molecule has 1 aliphatic rings. The average molecular weight is 210 g/mol. The summed E-state index contributed by atoms with van der Waals surface area (Å²) in [6, 6.07) is 1.90. The highest BCUT2D eigenvalue weighted by atomic mass is 16.5. The van der Waals surface area contributed by atoms with E-state index in [1.807, 2.05) is 10.7 Å². The van der Waals surface area contributed by atoms with Crippen LogP contribution in [0.4, 0.5) is 0 Å². The van der Waals surface area contributed by atoms with E-state index in [2.05, 4.69) is 12.0 Å². The molecule has 1 heterocycles. The first-order valence-corrected chi connectivity index (χ1v) is 5.47. The summed E-state index contributed by atoms with van der Waals surface area (Å²) in [7, 11) is 1.69. The predicted molar refractivity (Wildman–Crippen MR) is 56.4 cm³/mol. The second-order valence-electron chi connectivity index (χ2n) is 4.24. The Hall–Kier alpha value is -0.870. The number of methoxy groups -OCH3 is 1. The van der Waals surface area contributed by atoms with Crippen LogP contribution in [0.1, 0.15) is 31.9 Å². The number of hydrogen-bond donors (Lipinski definition) is 1. The van der Waals surface area contributed by atoms with Crippen molar-refractivity contribution in [2.45, 2.75) is 44.4 Å². The molecule has 1 aliphatic carbocycles. The molecule has 4 nitrogen and oxygen atoms in total. The second-order valence-corrected chi connectivity index (χ2v) is 4.24. The average Bonchev–Trinajstić information content (AvgIpc) is 2.62. The molecular weight excluding hydrogens is 192 g/mol. The van der Waals surface area contributed by atoms with Gasteiger partial charge in [-0.3, -0.25) is 4.68 Å². The molecule has 84 valence electrons. The number of nitrogens with zero attached hydrogens (tertiary/aromatic N) is 2. The second kappa shape index (κ2) is 3.94. The van der Waals surface area contributed by atoms with Crippen LogP contribution >= 0.6 is 0 Å². The molecule has 15 heavy (non-hydrogen) atoms. The van der Waals surface area contributed by atoms with Crippen LogP contribution in [-0.2, 0) is 16.9 Å². The van der Waals surface area contributed by atoms with Gasteiger partial charge in [0.2, 0.25) is 0 Å². The van der Waals surface area contributed by atoms with Gasteiger partial charge in [-0.05, 0) is 12.5 Å². The van der Waals surface area contributed by atoms with Gasteiger partial charge >= 0.3 is 0 Å². The van der Waals surface area contributed by atoms with Crippen molar-refractivity contribution in [3.05, 3.63) is 18.0 Å². The zero-order valence-corrected chi connectivity index (χ0v) is 9.31. The van der Waals surface area contributed by atoms with Crippen LogP contribution in [0.2, 0.25) is 0 Å². The summed E-state index contributed by atoms with van der Waals surface area (Å²) >= 11 is 0. The zero-order chi connectivity index (χ0) is 10.9. The van der Waals surface area contributed by atoms with Gasteiger partial charge in [0.15, 0.2) is 0 Å². The highest BCUT2D eigenvalue weighted by Crippen LogP contribution is 2.42. The first-order valence-electron chi connectivity index (χ1n) is 5.47. The number of hydrogen-bond acceptors (Lipinski definition) is 3. The van der Waals surface area contributed by atoms with E-state index in [0.29, 0.717) is 12.8 Å². The number of ether oxygens (including phenoxy) is 1. The molecule has 0 unspecified atom stereocenters. The van der Waals surface area contributed by atoms with Crippen LogP contribution in [0.15, 0.2) is 12.3 Å². The highest BCUT2D eigenvalue weighted by molar-refractivity contribution is 5.17. The monoisotopic (exact) mass is 210 g/mol. The van der Waals surface area contributed by atoms with Gasteiger partial charge in [0.25, 0.3) is 0 Å². The van der Waals surface area contributed by atoms with Crippen molar-refractivity contribution < 1.29 is 9.84 Å². The number of aliphatic hydroxyl groups is 1. The molecule has 0 aliphatic heterocycles. The van der Waals surface area contributed by atoms with Gasteiger partial charge in [-0.15, -0.1) is 0 Å². The maximum atomic E-state index is 10.3. The molecule has 0 radical (unpaired) electrons. The predicted octanol–water partition coefficient (Wildman–Crippen LogP) is 1.29. The topological polar surface area (TPSA) is 47.3 Å². The van der Waals surface area contributed by atoms with Crippen LogP contribution in [0.5, 0.6) is 0 Å². The Labute approximate surface area is 89.9 Å². The molecule has 1 N–H and O–H groups in total. The van der Waals surface area contributed by atoms with Crippen molar-refractivity contribution in [3.63, 3.8) is 0 Å². The van der Waals surface area contributed by atoms with Crippen molar-refractivity contribution in [3.8, 4) is 0 Å². The molecule has 0 saturated heterocycles. The minimum absolute atomic E-state index is 0.194. The molecule has 1 saturated carbocycles. The van der Waals surface area contributed by atoms with Crippen molar-refractivity contribution in [2.75, 3.05) is 7.11 Å². The molecule has 2 rings (SSSR count). The molecule has 0 amide bonds. The summed E-state index contributed by atoms with van der Waals surface area (Å²) in [6.45, 7) is 2.97. The fourth-order valence-corrected chi connectivity index (χ4v) is 2.19. The maximum Gasteiger partial charge on any atom is 0.111 e. The lowest BCUT2D eigenvalue weighted by Gasteiger charge is -2.42. The van der Waals surface area contributed by atoms with Gasteiger partial charge in [0.1, 0.15) is 5.60 Å². The molecule has 1 aromatic heterocycles. The molecule has 4 heteroatoms. The summed E-state index contributed by atoms with van der Waals surface area (Å²) in [5.41, 5.74) is 0.212. The quantitative estimate of drug-likeness (QED) is 0.814. The van der Waals surface area contributed by atoms with Crippen molar-refractivity contribution in [2.24, 2.45) is 0 Å². The van der Waals surface area contributed by atoms with Gasteiger partial charge in [-0.2, -0.15) is 5.10 Å². The molecule has 0 bridgehead atoms. The molecule has 0 aromatic carbocycles. The Morgan fingerprint density at radius 1 is 1.67 bits per heavy atom. The smallest absolute Gasteiger partial charge is 0.111 e. The van der Waals surface area contributed by atoms with Crippen LogP contribution < -0.4 is 0 Å². The summed E-state index contributed by atoms with van der Waals surface area (Å²) < 4.78 is 7.08. The lowest BCUT2D eigenvalue weighted by molar-refractivity contribution is -0.137. The van der Waals surface area contributed by atoms with Gasteiger partial charge in [0, 0.05) is 32.7 Å². The third-order valence-corrected chi connectivity index (χ3v) is 3.09. The first-order chi connectivity index (χ1) is 7.19. The van der Waals surface area contributed by atoms with Gasteiger partial charge in [0.05, 0.1) is 11.8 Å². The Morgan fingerprint density at radius 2 is 2.40 bits per heavy atom. The highest BCUT2D eigenvalue weighted by Gasteiger charge is 2.46. The fourth-order valence-electron chi connectivity index (χ4n) is 2.19. The van der Waals surface area contributed by atoms with Crippen LogP contribution in [0, 0.1) is 0 Å². The lowest BCUT2D eigenvalue weighted by atomic mass is 9.75. The van der Waals surface area contributed by atoms with Crippen LogP contribution in [0.25, 0.3) is 0 Å². The van der Waals surface area contributed by atoms with Crippen molar-refractivity contribution in [1.29, 1.82) is 0 Å². The number of rotatable bonds is 4. The summed E-state index contributed by atoms with van der Waals surface area (Å²) in [5.74, 6) is 0. The molecule has 1 aromatic rings. The van der Waals surface area contributed by atoms with Crippen LogP contribution in [0.3, 0.4) is 0 Å². The van der Waals surface area contributed by atoms with E-state index >= 15 is 0 Å². The van der Waals surface area contributed by atoms with Crippen molar-refractivity contribution >= 4 is 0 Å². The fraction of sp³-hybridized carbons (Fsp3) is 0.727. The largest absolute Gasteiger partial charge is 0.383 e. The first kappa shape index (κ1) is 10.6. The molecule has 0 spiro atoms. The van der Waals surface area contributed by atoms with E-state index in [-0.39, 0.29) is 6.10 Å². The molecule has 1 fully saturated rings. The third kappa shape index (κ3) is 1.79. The minimum atomic E-state index is -0.716. The summed E-state index contributed by atoms with van der Waals surface area (Å²) in [4.78, 5) is 0. The number of aromatic nitrogens is 2. The van der Waals surface area contributed by atoms with E-state index in [1.165, 1.54) is 0 Å². The maximum absolute atomic E-state index is 10.3. The van der Waals surface area contributed by atoms with E-state index < -0.39 is 5.60 Å². The standard InChI is InChI=1S/C11H18N2O2/c1-3-6-13-10(4-5-12-13)11(14)7-9(8-11)15-2/h4-5,9,14H,3,6-8H2,1-2H3.